The van der Waals surface area contributed by atoms with Gasteiger partial charge in [0.1, 0.15) is 12.4 Å². The molecule has 0 spiro atoms. The maximum atomic E-state index is 11.4. The highest BCUT2D eigenvalue weighted by Crippen LogP contribution is 2.31. The molecule has 1 aromatic carbocycles. The van der Waals surface area contributed by atoms with Crippen LogP contribution in [-0.2, 0) is 4.79 Å². The lowest BCUT2D eigenvalue weighted by Crippen LogP contribution is -2.44. The molecule has 0 saturated heterocycles. The van der Waals surface area contributed by atoms with Crippen LogP contribution in [-0.4, -0.2) is 24.6 Å². The summed E-state index contributed by atoms with van der Waals surface area (Å²) < 4.78 is 5.43. The molecule has 1 saturated carbocycles. The van der Waals surface area contributed by atoms with E-state index in [1.165, 1.54) is 0 Å². The van der Waals surface area contributed by atoms with Crippen LogP contribution in [0.5, 0.6) is 5.75 Å². The molecule has 4 nitrogen and oxygen atoms in total. The Morgan fingerprint density at radius 2 is 2.06 bits per heavy atom. The van der Waals surface area contributed by atoms with Crippen LogP contribution in [0.25, 0.3) is 0 Å². The standard InChI is InChI=1S/C12H16N2O2/c13-12(6-7-12)11(15)14-8-9-16-10-4-2-1-3-5-10/h1-5H,6-9,13H2,(H,14,15). The number of hydrogen-bond donors (Lipinski definition) is 2. The molecule has 1 amide bonds. The highest BCUT2D eigenvalue weighted by molar-refractivity contribution is 5.88. The Bertz CT molecular complexity index is 361. The number of carbonyl (C=O) groups is 1. The van der Waals surface area contributed by atoms with Gasteiger partial charge in [-0.05, 0) is 25.0 Å². The Labute approximate surface area is 94.8 Å². The van der Waals surface area contributed by atoms with Crippen molar-refractivity contribution in [2.45, 2.75) is 18.4 Å². The van der Waals surface area contributed by atoms with Crippen molar-refractivity contribution in [3.63, 3.8) is 0 Å². The SMILES string of the molecule is NC1(C(=O)NCCOc2ccccc2)CC1. The number of nitrogens with one attached hydrogen (secondary N) is 1. The minimum atomic E-state index is -0.591. The van der Waals surface area contributed by atoms with Crippen molar-refractivity contribution < 1.29 is 9.53 Å². The van der Waals surface area contributed by atoms with Gasteiger partial charge < -0.3 is 15.8 Å². The first-order chi connectivity index (χ1) is 7.71. The molecule has 0 aromatic heterocycles. The summed E-state index contributed by atoms with van der Waals surface area (Å²) in [6, 6.07) is 9.51. The third-order valence-corrected chi connectivity index (χ3v) is 2.64. The molecular weight excluding hydrogens is 204 g/mol. The van der Waals surface area contributed by atoms with Gasteiger partial charge in [-0.15, -0.1) is 0 Å². The molecule has 16 heavy (non-hydrogen) atoms. The van der Waals surface area contributed by atoms with Gasteiger partial charge in [0.15, 0.2) is 0 Å². The van der Waals surface area contributed by atoms with Gasteiger partial charge in [-0.1, -0.05) is 18.2 Å². The summed E-state index contributed by atoms with van der Waals surface area (Å²) in [5, 5.41) is 2.77. The monoisotopic (exact) mass is 220 g/mol. The van der Waals surface area contributed by atoms with E-state index in [0.29, 0.717) is 13.2 Å². The van der Waals surface area contributed by atoms with Gasteiger partial charge in [0.05, 0.1) is 12.1 Å². The Morgan fingerprint density at radius 1 is 1.38 bits per heavy atom. The largest absolute Gasteiger partial charge is 0.492 e. The Hall–Kier alpha value is -1.55. The number of benzene rings is 1. The number of carbonyl (C=O) groups excluding carboxylic acids is 1. The third-order valence-electron chi connectivity index (χ3n) is 2.64. The predicted octanol–water partition coefficient (Wildman–Crippen LogP) is 0.673. The van der Waals surface area contributed by atoms with Gasteiger partial charge in [0.2, 0.25) is 5.91 Å². The normalized spacial score (nSPS) is 16.6. The molecule has 0 unspecified atom stereocenters. The zero-order valence-corrected chi connectivity index (χ0v) is 9.11. The molecule has 2 rings (SSSR count). The van der Waals surface area contributed by atoms with Crippen LogP contribution in [0.1, 0.15) is 12.8 Å². The van der Waals surface area contributed by atoms with Crippen LogP contribution < -0.4 is 15.8 Å². The minimum Gasteiger partial charge on any atom is -0.492 e. The lowest BCUT2D eigenvalue weighted by Gasteiger charge is -2.10. The summed E-state index contributed by atoms with van der Waals surface area (Å²) in [4.78, 5) is 11.4. The highest BCUT2D eigenvalue weighted by Gasteiger charge is 2.45. The summed E-state index contributed by atoms with van der Waals surface area (Å²) in [5.74, 6) is 0.745. The maximum Gasteiger partial charge on any atom is 0.240 e. The molecule has 1 aromatic rings. The van der Waals surface area contributed by atoms with Gasteiger partial charge in [-0.2, -0.15) is 0 Å². The zero-order chi connectivity index (χ0) is 11.4. The van der Waals surface area contributed by atoms with Crippen LogP contribution in [0, 0.1) is 0 Å². The van der Waals surface area contributed by atoms with E-state index in [0.717, 1.165) is 18.6 Å². The summed E-state index contributed by atoms with van der Waals surface area (Å²) >= 11 is 0. The lowest BCUT2D eigenvalue weighted by atomic mass is 10.3. The van der Waals surface area contributed by atoms with Crippen LogP contribution in [0.3, 0.4) is 0 Å². The highest BCUT2D eigenvalue weighted by atomic mass is 16.5. The zero-order valence-electron chi connectivity index (χ0n) is 9.11. The van der Waals surface area contributed by atoms with E-state index < -0.39 is 5.54 Å². The molecule has 0 aliphatic heterocycles. The first-order valence-corrected chi connectivity index (χ1v) is 5.46. The van der Waals surface area contributed by atoms with Crippen LogP contribution in [0.2, 0.25) is 0 Å². The van der Waals surface area contributed by atoms with Gasteiger partial charge in [0, 0.05) is 0 Å². The summed E-state index contributed by atoms with van der Waals surface area (Å²) in [6.45, 7) is 0.957. The molecule has 0 heterocycles. The number of rotatable bonds is 5. The van der Waals surface area contributed by atoms with Crippen molar-refractivity contribution >= 4 is 5.91 Å². The number of hydrogen-bond acceptors (Lipinski definition) is 3. The minimum absolute atomic E-state index is 0.0656. The van der Waals surface area contributed by atoms with Gasteiger partial charge in [-0.3, -0.25) is 4.79 Å². The van der Waals surface area contributed by atoms with Crippen molar-refractivity contribution in [2.75, 3.05) is 13.2 Å². The first-order valence-electron chi connectivity index (χ1n) is 5.46. The summed E-state index contributed by atoms with van der Waals surface area (Å²) in [6.07, 6.45) is 1.58. The fraction of sp³-hybridized carbons (Fsp3) is 0.417. The molecular formula is C12H16N2O2. The van der Waals surface area contributed by atoms with E-state index >= 15 is 0 Å². The number of ether oxygens (including phenoxy) is 1. The summed E-state index contributed by atoms with van der Waals surface area (Å²) in [5.41, 5.74) is 5.14. The van der Waals surface area contributed by atoms with Crippen LogP contribution >= 0.6 is 0 Å². The van der Waals surface area contributed by atoms with Gasteiger partial charge in [-0.25, -0.2) is 0 Å². The molecule has 1 aliphatic rings. The molecule has 0 bridgehead atoms. The molecule has 86 valence electrons. The van der Waals surface area contributed by atoms with Crippen LogP contribution in [0.4, 0.5) is 0 Å². The number of amides is 1. The van der Waals surface area contributed by atoms with Gasteiger partial charge >= 0.3 is 0 Å². The molecule has 3 N–H and O–H groups in total. The second kappa shape index (κ2) is 4.53. The molecule has 1 fully saturated rings. The quantitative estimate of drug-likeness (QED) is 0.717. The fourth-order valence-electron chi connectivity index (χ4n) is 1.39. The van der Waals surface area contributed by atoms with E-state index in [1.54, 1.807) is 0 Å². The van der Waals surface area contributed by atoms with Crippen molar-refractivity contribution in [1.82, 2.24) is 5.32 Å². The van der Waals surface area contributed by atoms with Crippen molar-refractivity contribution in [3.8, 4) is 5.75 Å². The van der Waals surface area contributed by atoms with E-state index in [2.05, 4.69) is 5.32 Å². The average Bonchev–Trinajstić information content (AvgIpc) is 3.05. The average molecular weight is 220 g/mol. The lowest BCUT2D eigenvalue weighted by molar-refractivity contribution is -0.123. The van der Waals surface area contributed by atoms with Gasteiger partial charge in [0.25, 0.3) is 0 Å². The Kier molecular flexibility index (Phi) is 3.10. The van der Waals surface area contributed by atoms with E-state index in [1.807, 2.05) is 30.3 Å². The maximum absolute atomic E-state index is 11.4. The fourth-order valence-corrected chi connectivity index (χ4v) is 1.39. The number of nitrogens with two attached hydrogens (primary N) is 1. The van der Waals surface area contributed by atoms with Crippen molar-refractivity contribution in [1.29, 1.82) is 0 Å². The second-order valence-electron chi connectivity index (χ2n) is 4.07. The first kappa shape index (κ1) is 11.0. The Balaban J connectivity index is 1.64. The third kappa shape index (κ3) is 2.73. The molecule has 0 atom stereocenters. The molecule has 0 radical (unpaired) electrons. The molecule has 4 heteroatoms. The van der Waals surface area contributed by atoms with Crippen LogP contribution in [0.15, 0.2) is 30.3 Å². The second-order valence-corrected chi connectivity index (χ2v) is 4.07. The smallest absolute Gasteiger partial charge is 0.240 e. The topological polar surface area (TPSA) is 64.4 Å². The Morgan fingerprint density at radius 3 is 2.69 bits per heavy atom. The van der Waals surface area contributed by atoms with E-state index in [4.69, 9.17) is 10.5 Å². The van der Waals surface area contributed by atoms with E-state index in [9.17, 15) is 4.79 Å². The van der Waals surface area contributed by atoms with Crippen molar-refractivity contribution in [2.24, 2.45) is 5.73 Å². The number of para-hydroxylation sites is 1. The summed E-state index contributed by atoms with van der Waals surface area (Å²) in [7, 11) is 0. The predicted molar refractivity (Wildman–Crippen MR) is 61.1 cm³/mol. The van der Waals surface area contributed by atoms with Crippen molar-refractivity contribution in [3.05, 3.63) is 30.3 Å². The van der Waals surface area contributed by atoms with E-state index in [-0.39, 0.29) is 5.91 Å². The molecule has 1 aliphatic carbocycles.